The van der Waals surface area contributed by atoms with Crippen LogP contribution in [0.2, 0.25) is 0 Å². The Labute approximate surface area is 172 Å². The topological polar surface area (TPSA) is 60.0 Å². The van der Waals surface area contributed by atoms with Gasteiger partial charge < -0.3 is 24.4 Å². The molecule has 0 spiro atoms. The molecule has 0 atom stereocenters. The summed E-state index contributed by atoms with van der Waals surface area (Å²) in [6.07, 6.45) is 3.39. The van der Waals surface area contributed by atoms with E-state index in [1.165, 1.54) is 6.42 Å². The molecule has 6 heteroatoms. The van der Waals surface area contributed by atoms with Crippen LogP contribution >= 0.6 is 0 Å². The van der Waals surface area contributed by atoms with Gasteiger partial charge in [-0.2, -0.15) is 0 Å². The van der Waals surface area contributed by atoms with E-state index >= 15 is 0 Å². The highest BCUT2D eigenvalue weighted by Crippen LogP contribution is 2.39. The predicted octanol–water partition coefficient (Wildman–Crippen LogP) is 3.50. The molecule has 0 radical (unpaired) electrons. The van der Waals surface area contributed by atoms with Crippen LogP contribution in [-0.4, -0.2) is 51.2 Å². The fraction of sp³-hybridized carbons (Fsp3) is 0.435. The maximum Gasteiger partial charge on any atom is 0.251 e. The average molecular weight is 399 g/mol. The van der Waals surface area contributed by atoms with Gasteiger partial charge in [0.15, 0.2) is 11.5 Å². The molecule has 156 valence electrons. The van der Waals surface area contributed by atoms with E-state index in [0.29, 0.717) is 36.0 Å². The molecule has 6 nitrogen and oxygen atoms in total. The monoisotopic (exact) mass is 398 g/mol. The van der Waals surface area contributed by atoms with Crippen molar-refractivity contribution in [3.05, 3.63) is 53.6 Å². The molecule has 29 heavy (non-hydrogen) atoms. The summed E-state index contributed by atoms with van der Waals surface area (Å²) in [6, 6.07) is 13.3. The lowest BCUT2D eigenvalue weighted by molar-refractivity contribution is 0.0557. The predicted molar refractivity (Wildman–Crippen MR) is 113 cm³/mol. The van der Waals surface area contributed by atoms with Crippen LogP contribution in [0.1, 0.15) is 35.2 Å². The number of hydrogen-bond donors (Lipinski definition) is 1. The number of methoxy groups -OCH3 is 2. The number of nitrogens with one attached hydrogen (secondary N) is 1. The highest BCUT2D eigenvalue weighted by Gasteiger charge is 2.39. The Kier molecular flexibility index (Phi) is 6.64. The molecule has 1 N–H and O–H groups in total. The van der Waals surface area contributed by atoms with E-state index < -0.39 is 0 Å². The maximum atomic E-state index is 12.8. The molecule has 2 aromatic rings. The lowest BCUT2D eigenvalue weighted by Crippen LogP contribution is -2.57. The number of ether oxygens (including phenoxy) is 3. The number of carbonyl (C=O) groups is 1. The molecule has 1 amide bonds. The summed E-state index contributed by atoms with van der Waals surface area (Å²) < 4.78 is 16.9. The van der Waals surface area contributed by atoms with E-state index in [0.717, 1.165) is 18.4 Å². The zero-order valence-corrected chi connectivity index (χ0v) is 17.7. The van der Waals surface area contributed by atoms with Crippen LogP contribution in [0.4, 0.5) is 0 Å². The Bertz CT molecular complexity index is 807. The van der Waals surface area contributed by atoms with Gasteiger partial charge >= 0.3 is 0 Å². The van der Waals surface area contributed by atoms with E-state index in [4.69, 9.17) is 14.2 Å². The quantitative estimate of drug-likeness (QED) is 0.701. The minimum atomic E-state index is -0.149. The van der Waals surface area contributed by atoms with E-state index in [1.54, 1.807) is 26.4 Å². The van der Waals surface area contributed by atoms with Crippen molar-refractivity contribution in [2.45, 2.75) is 31.4 Å². The van der Waals surface area contributed by atoms with Crippen LogP contribution in [0.15, 0.2) is 42.5 Å². The molecule has 1 fully saturated rings. The molecule has 3 rings (SSSR count). The molecule has 1 aliphatic rings. The Morgan fingerprint density at radius 1 is 1.07 bits per heavy atom. The largest absolute Gasteiger partial charge is 0.493 e. The van der Waals surface area contributed by atoms with Gasteiger partial charge in [0.2, 0.25) is 5.75 Å². The summed E-state index contributed by atoms with van der Waals surface area (Å²) in [5, 5.41) is 3.07. The third kappa shape index (κ3) is 4.65. The standard InChI is InChI=1S/C23H30N2O4/c1-25(2)23(11-8-12-23)16-24-22(26)18-13-19(27-3)21(20(14-18)28-4)29-15-17-9-6-5-7-10-17/h5-7,9-10,13-14H,8,11-12,15-16H2,1-4H3,(H,24,26). The summed E-state index contributed by atoms with van der Waals surface area (Å²) >= 11 is 0. The highest BCUT2D eigenvalue weighted by molar-refractivity contribution is 5.95. The van der Waals surface area contributed by atoms with Crippen molar-refractivity contribution in [1.29, 1.82) is 0 Å². The Morgan fingerprint density at radius 3 is 2.17 bits per heavy atom. The number of hydrogen-bond acceptors (Lipinski definition) is 5. The second-order valence-corrected chi connectivity index (χ2v) is 7.64. The zero-order chi connectivity index (χ0) is 20.9. The van der Waals surface area contributed by atoms with Gasteiger partial charge in [-0.25, -0.2) is 0 Å². The van der Waals surface area contributed by atoms with Crippen LogP contribution in [0.5, 0.6) is 17.2 Å². The summed E-state index contributed by atoms with van der Waals surface area (Å²) in [5.41, 5.74) is 1.58. The Balaban J connectivity index is 1.75. The number of likely N-dealkylation sites (N-methyl/N-ethyl adjacent to an activating group) is 1. The van der Waals surface area contributed by atoms with Gasteiger partial charge in [0.05, 0.1) is 14.2 Å². The molecule has 0 heterocycles. The average Bonchev–Trinajstić information content (AvgIpc) is 2.71. The second kappa shape index (κ2) is 9.18. The zero-order valence-electron chi connectivity index (χ0n) is 17.7. The molecule has 0 saturated heterocycles. The van der Waals surface area contributed by atoms with Crippen molar-refractivity contribution < 1.29 is 19.0 Å². The summed E-state index contributed by atoms with van der Waals surface area (Å²) in [5.74, 6) is 1.27. The minimum Gasteiger partial charge on any atom is -0.493 e. The van der Waals surface area contributed by atoms with Crippen molar-refractivity contribution >= 4 is 5.91 Å². The van der Waals surface area contributed by atoms with Crippen molar-refractivity contribution in [3.8, 4) is 17.2 Å². The third-order valence-corrected chi connectivity index (χ3v) is 5.76. The first kappa shape index (κ1) is 21.0. The minimum absolute atomic E-state index is 0.0581. The van der Waals surface area contributed by atoms with Gasteiger partial charge in [-0.05, 0) is 51.1 Å². The van der Waals surface area contributed by atoms with E-state index in [1.807, 2.05) is 30.3 Å². The molecule has 0 aliphatic heterocycles. The number of benzene rings is 2. The Hall–Kier alpha value is -2.73. The molecular formula is C23H30N2O4. The lowest BCUT2D eigenvalue weighted by atomic mass is 9.75. The summed E-state index contributed by atoms with van der Waals surface area (Å²) in [7, 11) is 7.24. The van der Waals surface area contributed by atoms with Gasteiger partial charge in [0.1, 0.15) is 6.61 Å². The van der Waals surface area contributed by atoms with Gasteiger partial charge in [0.25, 0.3) is 5.91 Å². The van der Waals surface area contributed by atoms with Crippen LogP contribution in [0.3, 0.4) is 0 Å². The van der Waals surface area contributed by atoms with Gasteiger partial charge in [-0.15, -0.1) is 0 Å². The fourth-order valence-electron chi connectivity index (χ4n) is 3.60. The molecule has 0 unspecified atom stereocenters. The van der Waals surface area contributed by atoms with Crippen LogP contribution in [-0.2, 0) is 6.61 Å². The number of rotatable bonds is 9. The first-order valence-electron chi connectivity index (χ1n) is 9.87. The van der Waals surface area contributed by atoms with Crippen LogP contribution in [0.25, 0.3) is 0 Å². The Morgan fingerprint density at radius 2 is 1.69 bits per heavy atom. The van der Waals surface area contributed by atoms with Crippen molar-refractivity contribution in [2.75, 3.05) is 34.9 Å². The fourth-order valence-corrected chi connectivity index (χ4v) is 3.60. The normalized spacial score (nSPS) is 14.8. The molecule has 0 bridgehead atoms. The molecule has 0 aromatic heterocycles. The summed E-state index contributed by atoms with van der Waals surface area (Å²) in [6.45, 7) is 1.00. The van der Waals surface area contributed by atoms with Crippen molar-refractivity contribution in [2.24, 2.45) is 0 Å². The van der Waals surface area contributed by atoms with Crippen LogP contribution in [0, 0.1) is 0 Å². The van der Waals surface area contributed by atoms with Crippen molar-refractivity contribution in [1.82, 2.24) is 10.2 Å². The highest BCUT2D eigenvalue weighted by atomic mass is 16.5. The molecular weight excluding hydrogens is 368 g/mol. The van der Waals surface area contributed by atoms with Gasteiger partial charge in [-0.1, -0.05) is 30.3 Å². The van der Waals surface area contributed by atoms with Crippen LogP contribution < -0.4 is 19.5 Å². The SMILES string of the molecule is COc1cc(C(=O)NCC2(N(C)C)CCC2)cc(OC)c1OCc1ccccc1. The second-order valence-electron chi connectivity index (χ2n) is 7.64. The third-order valence-electron chi connectivity index (χ3n) is 5.76. The van der Waals surface area contributed by atoms with E-state index in [9.17, 15) is 4.79 Å². The number of nitrogens with zero attached hydrogens (tertiary/aromatic N) is 1. The molecule has 1 aliphatic carbocycles. The first-order valence-corrected chi connectivity index (χ1v) is 9.87. The lowest BCUT2D eigenvalue weighted by Gasteiger charge is -2.47. The summed E-state index contributed by atoms with van der Waals surface area (Å²) in [4.78, 5) is 15.0. The number of carbonyl (C=O) groups excluding carboxylic acids is 1. The van der Waals surface area contributed by atoms with Gasteiger partial charge in [0, 0.05) is 17.6 Å². The van der Waals surface area contributed by atoms with Crippen molar-refractivity contribution in [3.63, 3.8) is 0 Å². The molecule has 1 saturated carbocycles. The van der Waals surface area contributed by atoms with E-state index in [2.05, 4.69) is 24.3 Å². The van der Waals surface area contributed by atoms with Gasteiger partial charge in [-0.3, -0.25) is 4.79 Å². The maximum absolute atomic E-state index is 12.8. The smallest absolute Gasteiger partial charge is 0.251 e. The van der Waals surface area contributed by atoms with E-state index in [-0.39, 0.29) is 11.4 Å². The molecule has 2 aromatic carbocycles. The first-order chi connectivity index (χ1) is 14.0. The number of amides is 1.